The number of hydrogen-bond acceptors (Lipinski definition) is 6. The SMILES string of the molecule is Cc1cc(O)c(-n2cc3sc(NC[C@@H](C)O)nc3n2)c(C(C)C)c1. The van der Waals surface area contributed by atoms with E-state index in [1.54, 1.807) is 17.7 Å². The largest absolute Gasteiger partial charge is 0.506 e. The lowest BCUT2D eigenvalue weighted by molar-refractivity contribution is 0.208. The Labute approximate surface area is 144 Å². The molecule has 0 spiro atoms. The maximum Gasteiger partial charge on any atom is 0.194 e. The lowest BCUT2D eigenvalue weighted by atomic mass is 9.98. The highest BCUT2D eigenvalue weighted by Gasteiger charge is 2.17. The molecule has 1 aromatic carbocycles. The average molecular weight is 346 g/mol. The van der Waals surface area contributed by atoms with Gasteiger partial charge in [0, 0.05) is 6.54 Å². The number of aryl methyl sites for hydroxylation is 1. The van der Waals surface area contributed by atoms with E-state index < -0.39 is 6.10 Å². The second-order valence-corrected chi connectivity index (χ2v) is 7.42. The van der Waals surface area contributed by atoms with E-state index in [2.05, 4.69) is 35.3 Å². The Bertz CT molecular complexity index is 835. The number of anilines is 1. The Kier molecular flexibility index (Phi) is 4.47. The summed E-state index contributed by atoms with van der Waals surface area (Å²) >= 11 is 1.48. The molecule has 0 unspecified atom stereocenters. The Morgan fingerprint density at radius 3 is 2.67 bits per heavy atom. The quantitative estimate of drug-likeness (QED) is 0.659. The zero-order valence-corrected chi connectivity index (χ0v) is 15.1. The van der Waals surface area contributed by atoms with Crippen LogP contribution >= 0.6 is 11.3 Å². The molecule has 1 atom stereocenters. The molecule has 0 fully saturated rings. The van der Waals surface area contributed by atoms with Gasteiger partial charge in [0.25, 0.3) is 0 Å². The maximum absolute atomic E-state index is 10.4. The van der Waals surface area contributed by atoms with Gasteiger partial charge in [0.2, 0.25) is 0 Å². The molecule has 3 aromatic rings. The molecule has 2 heterocycles. The topological polar surface area (TPSA) is 83.2 Å². The summed E-state index contributed by atoms with van der Waals surface area (Å²) in [6.45, 7) is 8.34. The number of phenols is 1. The number of aliphatic hydroxyl groups is 1. The van der Waals surface area contributed by atoms with Crippen molar-refractivity contribution >= 4 is 26.8 Å². The van der Waals surface area contributed by atoms with Crippen LogP contribution in [-0.2, 0) is 0 Å². The van der Waals surface area contributed by atoms with Crippen molar-refractivity contribution in [2.45, 2.75) is 39.7 Å². The molecule has 0 radical (unpaired) electrons. The predicted molar refractivity (Wildman–Crippen MR) is 97.4 cm³/mol. The number of thiazole rings is 1. The van der Waals surface area contributed by atoms with Crippen LogP contribution in [0.15, 0.2) is 18.3 Å². The first kappa shape index (κ1) is 16.7. The number of benzene rings is 1. The minimum atomic E-state index is -0.431. The smallest absolute Gasteiger partial charge is 0.194 e. The highest BCUT2D eigenvalue weighted by molar-refractivity contribution is 7.22. The van der Waals surface area contributed by atoms with E-state index >= 15 is 0 Å². The van der Waals surface area contributed by atoms with Crippen LogP contribution in [0.25, 0.3) is 16.0 Å². The van der Waals surface area contributed by atoms with Crippen LogP contribution in [-0.4, -0.2) is 37.6 Å². The third-order valence-electron chi connectivity index (χ3n) is 3.74. The van der Waals surface area contributed by atoms with Gasteiger partial charge in [0.05, 0.1) is 17.0 Å². The van der Waals surface area contributed by atoms with Crippen LogP contribution in [0.1, 0.15) is 37.8 Å². The van der Waals surface area contributed by atoms with Crippen molar-refractivity contribution in [1.29, 1.82) is 0 Å². The molecular formula is C17H22N4O2S. The Morgan fingerprint density at radius 2 is 2.04 bits per heavy atom. The lowest BCUT2D eigenvalue weighted by Gasteiger charge is -2.15. The molecule has 7 heteroatoms. The fraction of sp³-hybridized carbons (Fsp3) is 0.412. The van der Waals surface area contributed by atoms with Crippen LogP contribution in [0.3, 0.4) is 0 Å². The van der Waals surface area contributed by atoms with E-state index in [-0.39, 0.29) is 11.7 Å². The third-order valence-corrected chi connectivity index (χ3v) is 4.68. The Balaban J connectivity index is 2.00. The number of fused-ring (bicyclic) bond motifs is 1. The van der Waals surface area contributed by atoms with Gasteiger partial charge < -0.3 is 15.5 Å². The average Bonchev–Trinajstić information content (AvgIpc) is 3.02. The summed E-state index contributed by atoms with van der Waals surface area (Å²) in [6.07, 6.45) is 1.45. The standard InChI is InChI=1S/C17H22N4O2S/c1-9(2)12-5-10(3)6-13(23)15(12)21-8-14-16(20-21)19-17(24-14)18-7-11(4)22/h5-6,8-9,11,22-23H,7H2,1-4H3,(H,18,19,20)/t11-/m1/s1. The van der Waals surface area contributed by atoms with E-state index in [4.69, 9.17) is 0 Å². The summed E-state index contributed by atoms with van der Waals surface area (Å²) in [5.41, 5.74) is 3.41. The van der Waals surface area contributed by atoms with Crippen molar-refractivity contribution < 1.29 is 10.2 Å². The van der Waals surface area contributed by atoms with Crippen molar-refractivity contribution in [3.63, 3.8) is 0 Å². The van der Waals surface area contributed by atoms with Crippen LogP contribution in [0.4, 0.5) is 5.13 Å². The number of hydrogen-bond donors (Lipinski definition) is 3. The molecule has 6 nitrogen and oxygen atoms in total. The summed E-state index contributed by atoms with van der Waals surface area (Å²) in [4.78, 5) is 4.44. The van der Waals surface area contributed by atoms with Crippen LogP contribution < -0.4 is 5.32 Å². The second kappa shape index (κ2) is 6.41. The predicted octanol–water partition coefficient (Wildman–Crippen LogP) is 3.41. The zero-order chi connectivity index (χ0) is 17.4. The Hall–Kier alpha value is -2.12. The van der Waals surface area contributed by atoms with Gasteiger partial charge in [-0.1, -0.05) is 31.3 Å². The van der Waals surface area contributed by atoms with Gasteiger partial charge in [0.15, 0.2) is 10.8 Å². The van der Waals surface area contributed by atoms with E-state index in [0.717, 1.165) is 21.0 Å². The first-order chi connectivity index (χ1) is 11.3. The first-order valence-corrected chi connectivity index (χ1v) is 8.79. The van der Waals surface area contributed by atoms with E-state index in [9.17, 15) is 10.2 Å². The van der Waals surface area contributed by atoms with Crippen LogP contribution in [0, 0.1) is 6.92 Å². The highest BCUT2D eigenvalue weighted by atomic mass is 32.1. The first-order valence-electron chi connectivity index (χ1n) is 7.97. The zero-order valence-electron chi connectivity index (χ0n) is 14.2. The van der Waals surface area contributed by atoms with Crippen molar-refractivity contribution in [3.05, 3.63) is 29.5 Å². The fourth-order valence-corrected chi connectivity index (χ4v) is 3.45. The van der Waals surface area contributed by atoms with Gasteiger partial charge in [-0.2, -0.15) is 4.98 Å². The number of phenolic OH excluding ortho intramolecular Hbond substituents is 1. The minimum Gasteiger partial charge on any atom is -0.506 e. The van der Waals surface area contributed by atoms with Crippen LogP contribution in [0.5, 0.6) is 5.75 Å². The molecule has 0 saturated carbocycles. The summed E-state index contributed by atoms with van der Waals surface area (Å²) in [7, 11) is 0. The number of aliphatic hydroxyl groups excluding tert-OH is 1. The van der Waals surface area contributed by atoms with Gasteiger partial charge in [-0.25, -0.2) is 4.68 Å². The van der Waals surface area contributed by atoms with Crippen molar-refractivity contribution in [1.82, 2.24) is 14.8 Å². The third kappa shape index (κ3) is 3.22. The maximum atomic E-state index is 10.4. The van der Waals surface area contributed by atoms with Crippen LogP contribution in [0.2, 0.25) is 0 Å². The van der Waals surface area contributed by atoms with E-state index in [1.807, 2.05) is 13.1 Å². The number of nitrogens with zero attached hydrogens (tertiary/aromatic N) is 3. The van der Waals surface area contributed by atoms with Crippen molar-refractivity contribution in [3.8, 4) is 11.4 Å². The normalized spacial score (nSPS) is 12.9. The number of rotatable bonds is 5. The molecule has 0 aliphatic carbocycles. The van der Waals surface area contributed by atoms with Gasteiger partial charge in [-0.15, -0.1) is 5.10 Å². The minimum absolute atomic E-state index is 0.223. The molecule has 0 bridgehead atoms. The fourth-order valence-electron chi connectivity index (χ4n) is 2.62. The molecule has 3 rings (SSSR count). The molecular weight excluding hydrogens is 324 g/mol. The van der Waals surface area contributed by atoms with Gasteiger partial charge in [-0.05, 0) is 37.0 Å². The van der Waals surface area contributed by atoms with Gasteiger partial charge in [0.1, 0.15) is 11.4 Å². The molecule has 24 heavy (non-hydrogen) atoms. The Morgan fingerprint density at radius 1 is 1.29 bits per heavy atom. The number of aromatic nitrogens is 3. The van der Waals surface area contributed by atoms with Gasteiger partial charge in [-0.3, -0.25) is 0 Å². The monoisotopic (exact) mass is 346 g/mol. The molecule has 128 valence electrons. The van der Waals surface area contributed by atoms with Crippen molar-refractivity contribution in [2.24, 2.45) is 0 Å². The summed E-state index contributed by atoms with van der Waals surface area (Å²) in [6, 6.07) is 3.83. The molecule has 0 saturated heterocycles. The lowest BCUT2D eigenvalue weighted by Crippen LogP contribution is -2.15. The second-order valence-electron chi connectivity index (χ2n) is 6.39. The van der Waals surface area contributed by atoms with E-state index in [0.29, 0.717) is 17.9 Å². The van der Waals surface area contributed by atoms with Gasteiger partial charge >= 0.3 is 0 Å². The number of nitrogens with one attached hydrogen (secondary N) is 1. The molecule has 2 aromatic heterocycles. The number of aromatic hydroxyl groups is 1. The van der Waals surface area contributed by atoms with Crippen molar-refractivity contribution in [2.75, 3.05) is 11.9 Å². The highest BCUT2D eigenvalue weighted by Crippen LogP contribution is 2.34. The molecule has 0 aliphatic heterocycles. The molecule has 0 amide bonds. The van der Waals surface area contributed by atoms with E-state index in [1.165, 1.54) is 11.3 Å². The summed E-state index contributed by atoms with van der Waals surface area (Å²) < 4.78 is 2.63. The summed E-state index contributed by atoms with van der Waals surface area (Å²) in [5.74, 6) is 0.491. The molecule has 0 aliphatic rings. The summed E-state index contributed by atoms with van der Waals surface area (Å²) in [5, 5.41) is 28.1. The molecule has 3 N–H and O–H groups in total.